The highest BCUT2D eigenvalue weighted by Crippen LogP contribution is 2.20. The van der Waals surface area contributed by atoms with Gasteiger partial charge in [0.25, 0.3) is 0 Å². The maximum atomic E-state index is 11.9. The van der Waals surface area contributed by atoms with Gasteiger partial charge in [-0.05, 0) is 13.0 Å². The van der Waals surface area contributed by atoms with Crippen LogP contribution < -0.4 is 5.73 Å². The normalized spacial score (nSPS) is 32.4. The number of ether oxygens (including phenoxy) is 1. The first-order chi connectivity index (χ1) is 7.76. The Labute approximate surface area is 96.5 Å². The Morgan fingerprint density at radius 3 is 3.00 bits per heavy atom. The molecule has 92 valence electrons. The minimum Gasteiger partial charge on any atom is -0.369 e. The summed E-state index contributed by atoms with van der Waals surface area (Å²) in [7, 11) is 0. The van der Waals surface area contributed by atoms with Crippen molar-refractivity contribution in [2.45, 2.75) is 25.4 Å². The third-order valence-electron chi connectivity index (χ3n) is 3.58. The van der Waals surface area contributed by atoms with Crippen LogP contribution in [0.1, 0.15) is 13.3 Å². The average Bonchev–Trinajstić information content (AvgIpc) is 2.76. The molecule has 2 atom stereocenters. The van der Waals surface area contributed by atoms with Gasteiger partial charge >= 0.3 is 0 Å². The van der Waals surface area contributed by atoms with E-state index in [0.29, 0.717) is 19.2 Å². The Morgan fingerprint density at radius 1 is 1.56 bits per heavy atom. The molecular formula is C11H21N3O2. The van der Waals surface area contributed by atoms with Crippen LogP contribution in [-0.4, -0.2) is 67.2 Å². The number of hydrogen-bond acceptors (Lipinski definition) is 4. The largest absolute Gasteiger partial charge is 0.369 e. The summed E-state index contributed by atoms with van der Waals surface area (Å²) in [5, 5.41) is 0. The highest BCUT2D eigenvalue weighted by Gasteiger charge is 2.36. The van der Waals surface area contributed by atoms with Gasteiger partial charge in [0.1, 0.15) is 6.61 Å². The first kappa shape index (κ1) is 11.8. The third-order valence-corrected chi connectivity index (χ3v) is 3.58. The fraction of sp³-hybridized carbons (Fsp3) is 0.909. The second-order valence-corrected chi connectivity index (χ2v) is 4.54. The quantitative estimate of drug-likeness (QED) is 0.690. The van der Waals surface area contributed by atoms with Crippen LogP contribution in [-0.2, 0) is 9.53 Å². The summed E-state index contributed by atoms with van der Waals surface area (Å²) in [5.74, 6) is 0.102. The summed E-state index contributed by atoms with van der Waals surface area (Å²) in [6.07, 6.45) is 1.07. The van der Waals surface area contributed by atoms with Crippen LogP contribution in [0.3, 0.4) is 0 Å². The standard InChI is InChI=1S/C11H21N3O2/c1-2-13-4-3-9(6-13)14-10(5-12)7-16-8-11(14)15/h9-10H,2-8,12H2,1H3. The van der Waals surface area contributed by atoms with E-state index in [4.69, 9.17) is 10.5 Å². The monoisotopic (exact) mass is 227 g/mol. The topological polar surface area (TPSA) is 58.8 Å². The van der Waals surface area contributed by atoms with Crippen molar-refractivity contribution in [2.75, 3.05) is 39.4 Å². The van der Waals surface area contributed by atoms with Crippen molar-refractivity contribution < 1.29 is 9.53 Å². The molecule has 0 radical (unpaired) electrons. The first-order valence-corrected chi connectivity index (χ1v) is 6.07. The number of carbonyl (C=O) groups is 1. The van der Waals surface area contributed by atoms with Gasteiger partial charge in [-0.3, -0.25) is 4.79 Å². The zero-order chi connectivity index (χ0) is 11.5. The predicted molar refractivity (Wildman–Crippen MR) is 61.0 cm³/mol. The van der Waals surface area contributed by atoms with E-state index in [2.05, 4.69) is 11.8 Å². The lowest BCUT2D eigenvalue weighted by molar-refractivity contribution is -0.150. The molecule has 0 spiro atoms. The number of morpholine rings is 1. The molecule has 2 unspecified atom stereocenters. The molecule has 0 bridgehead atoms. The van der Waals surface area contributed by atoms with Gasteiger partial charge in [-0.2, -0.15) is 0 Å². The molecule has 0 aromatic carbocycles. The number of likely N-dealkylation sites (N-methyl/N-ethyl adjacent to an activating group) is 1. The van der Waals surface area contributed by atoms with E-state index < -0.39 is 0 Å². The summed E-state index contributed by atoms with van der Waals surface area (Å²) >= 11 is 0. The average molecular weight is 227 g/mol. The summed E-state index contributed by atoms with van der Waals surface area (Å²) in [5.41, 5.74) is 5.70. The molecule has 2 rings (SSSR count). The maximum absolute atomic E-state index is 11.9. The zero-order valence-corrected chi connectivity index (χ0v) is 9.89. The summed E-state index contributed by atoms with van der Waals surface area (Å²) in [6, 6.07) is 0.410. The fourth-order valence-corrected chi connectivity index (χ4v) is 2.65. The number of rotatable bonds is 3. The number of nitrogens with two attached hydrogens (primary N) is 1. The van der Waals surface area contributed by atoms with Gasteiger partial charge in [0.15, 0.2) is 0 Å². The molecule has 2 heterocycles. The van der Waals surface area contributed by atoms with E-state index in [-0.39, 0.29) is 18.6 Å². The highest BCUT2D eigenvalue weighted by molar-refractivity contribution is 5.79. The second-order valence-electron chi connectivity index (χ2n) is 4.54. The minimum atomic E-state index is 0.0723. The molecular weight excluding hydrogens is 206 g/mol. The SMILES string of the molecule is CCN1CCC(N2C(=O)COCC2CN)C1. The number of hydrogen-bond donors (Lipinski definition) is 1. The smallest absolute Gasteiger partial charge is 0.249 e. The van der Waals surface area contributed by atoms with E-state index in [1.54, 1.807) is 0 Å². The highest BCUT2D eigenvalue weighted by atomic mass is 16.5. The van der Waals surface area contributed by atoms with Crippen molar-refractivity contribution in [3.05, 3.63) is 0 Å². The Morgan fingerprint density at radius 2 is 2.38 bits per heavy atom. The van der Waals surface area contributed by atoms with Crippen LogP contribution in [0.4, 0.5) is 0 Å². The lowest BCUT2D eigenvalue weighted by atomic mass is 10.1. The van der Waals surface area contributed by atoms with Crippen LogP contribution in [0.5, 0.6) is 0 Å². The Hall–Kier alpha value is -0.650. The molecule has 0 aromatic heterocycles. The molecule has 1 amide bonds. The van der Waals surface area contributed by atoms with Gasteiger partial charge < -0.3 is 20.3 Å². The Balaban J connectivity index is 2.02. The van der Waals surface area contributed by atoms with Crippen LogP contribution in [0, 0.1) is 0 Å². The first-order valence-electron chi connectivity index (χ1n) is 6.07. The molecule has 2 aliphatic heterocycles. The molecule has 0 aromatic rings. The van der Waals surface area contributed by atoms with Gasteiger partial charge in [0, 0.05) is 25.7 Å². The summed E-state index contributed by atoms with van der Waals surface area (Å²) in [4.78, 5) is 16.2. The maximum Gasteiger partial charge on any atom is 0.249 e. The Bertz CT molecular complexity index is 260. The van der Waals surface area contributed by atoms with E-state index in [0.717, 1.165) is 26.1 Å². The molecule has 16 heavy (non-hydrogen) atoms. The Kier molecular flexibility index (Phi) is 3.78. The van der Waals surface area contributed by atoms with Crippen LogP contribution in [0.2, 0.25) is 0 Å². The van der Waals surface area contributed by atoms with E-state index in [1.165, 1.54) is 0 Å². The number of amides is 1. The van der Waals surface area contributed by atoms with Crippen molar-refractivity contribution in [3.63, 3.8) is 0 Å². The zero-order valence-electron chi connectivity index (χ0n) is 9.89. The van der Waals surface area contributed by atoms with E-state index in [9.17, 15) is 4.79 Å². The van der Waals surface area contributed by atoms with Gasteiger partial charge in [-0.15, -0.1) is 0 Å². The van der Waals surface area contributed by atoms with Gasteiger partial charge in [0.2, 0.25) is 5.91 Å². The molecule has 5 nitrogen and oxygen atoms in total. The van der Waals surface area contributed by atoms with Crippen molar-refractivity contribution in [3.8, 4) is 0 Å². The van der Waals surface area contributed by atoms with Gasteiger partial charge in [0.05, 0.1) is 12.6 Å². The van der Waals surface area contributed by atoms with Crippen molar-refractivity contribution in [2.24, 2.45) is 5.73 Å². The number of carbonyl (C=O) groups excluding carboxylic acids is 1. The summed E-state index contributed by atoms with van der Waals surface area (Å²) in [6.45, 7) is 6.59. The minimum absolute atomic E-state index is 0.0723. The molecule has 2 saturated heterocycles. The lowest BCUT2D eigenvalue weighted by Crippen LogP contribution is -2.57. The third kappa shape index (κ3) is 2.21. The molecule has 2 N–H and O–H groups in total. The lowest BCUT2D eigenvalue weighted by Gasteiger charge is -2.39. The molecule has 2 fully saturated rings. The van der Waals surface area contributed by atoms with Crippen LogP contribution >= 0.6 is 0 Å². The van der Waals surface area contributed by atoms with Crippen LogP contribution in [0.25, 0.3) is 0 Å². The molecule has 0 saturated carbocycles. The molecule has 5 heteroatoms. The van der Waals surface area contributed by atoms with E-state index >= 15 is 0 Å². The fourth-order valence-electron chi connectivity index (χ4n) is 2.65. The number of nitrogens with zero attached hydrogens (tertiary/aromatic N) is 2. The molecule has 0 aliphatic carbocycles. The van der Waals surface area contributed by atoms with Gasteiger partial charge in [-0.25, -0.2) is 0 Å². The van der Waals surface area contributed by atoms with E-state index in [1.807, 2.05) is 4.90 Å². The van der Waals surface area contributed by atoms with Crippen LogP contribution in [0.15, 0.2) is 0 Å². The van der Waals surface area contributed by atoms with Crippen molar-refractivity contribution in [1.82, 2.24) is 9.80 Å². The molecule has 2 aliphatic rings. The van der Waals surface area contributed by atoms with Crippen molar-refractivity contribution in [1.29, 1.82) is 0 Å². The predicted octanol–water partition coefficient (Wildman–Crippen LogP) is -0.733. The second kappa shape index (κ2) is 5.12. The van der Waals surface area contributed by atoms with Crippen molar-refractivity contribution >= 4 is 5.91 Å². The number of likely N-dealkylation sites (tertiary alicyclic amines) is 1. The van der Waals surface area contributed by atoms with Gasteiger partial charge in [-0.1, -0.05) is 6.92 Å². The summed E-state index contributed by atoms with van der Waals surface area (Å²) < 4.78 is 5.24.